The van der Waals surface area contributed by atoms with E-state index in [1.165, 1.54) is 12.0 Å². The van der Waals surface area contributed by atoms with Crippen molar-refractivity contribution in [2.24, 2.45) is 40.9 Å². The standard InChI is InChI=1S/C25H40F2O/c1-16(2)13-25(26,27)14-17-5-7-20-19(17)9-10-22-21(20)8-6-18-15-23(3,28)11-12-24(18,22)4/h6,16-17,19-22,28H,5,7-15H2,1-4H3/t17-,19?,20?,21?,22?,23+,24+/m1/s1. The maximum atomic E-state index is 14.5. The molecule has 3 heteroatoms. The average molecular weight is 395 g/mol. The lowest BCUT2D eigenvalue weighted by Gasteiger charge is -2.56. The number of rotatable bonds is 4. The van der Waals surface area contributed by atoms with Crippen LogP contribution < -0.4 is 0 Å². The summed E-state index contributed by atoms with van der Waals surface area (Å²) in [7, 11) is 0. The monoisotopic (exact) mass is 394 g/mol. The molecule has 4 aliphatic rings. The Morgan fingerprint density at radius 3 is 2.50 bits per heavy atom. The summed E-state index contributed by atoms with van der Waals surface area (Å²) >= 11 is 0. The zero-order chi connectivity index (χ0) is 20.3. The number of hydrogen-bond donors (Lipinski definition) is 1. The fourth-order valence-electron chi connectivity index (χ4n) is 7.90. The van der Waals surface area contributed by atoms with Gasteiger partial charge in [0.2, 0.25) is 5.92 Å². The van der Waals surface area contributed by atoms with Crippen molar-refractivity contribution in [3.63, 3.8) is 0 Å². The Balaban J connectivity index is 1.49. The lowest BCUT2D eigenvalue weighted by molar-refractivity contribution is -0.0622. The van der Waals surface area contributed by atoms with E-state index < -0.39 is 11.5 Å². The SMILES string of the molecule is CC(C)CC(F)(F)C[C@H]1CCC2C3CC=C4C[C@@](C)(O)CC[C@]4(C)C3CCC21. The van der Waals surface area contributed by atoms with Crippen molar-refractivity contribution < 1.29 is 13.9 Å². The summed E-state index contributed by atoms with van der Waals surface area (Å²) < 4.78 is 29.1. The van der Waals surface area contributed by atoms with Gasteiger partial charge in [-0.25, -0.2) is 8.78 Å². The molecular weight excluding hydrogens is 354 g/mol. The van der Waals surface area contributed by atoms with Gasteiger partial charge in [-0.3, -0.25) is 0 Å². The summed E-state index contributed by atoms with van der Waals surface area (Å²) in [6.45, 7) is 8.24. The molecule has 0 heterocycles. The van der Waals surface area contributed by atoms with Gasteiger partial charge in [-0.2, -0.15) is 0 Å². The van der Waals surface area contributed by atoms with Gasteiger partial charge in [0.05, 0.1) is 5.60 Å². The highest BCUT2D eigenvalue weighted by molar-refractivity contribution is 5.26. The van der Waals surface area contributed by atoms with Crippen molar-refractivity contribution in [2.75, 3.05) is 0 Å². The zero-order valence-electron chi connectivity index (χ0n) is 18.3. The number of alkyl halides is 2. The zero-order valence-corrected chi connectivity index (χ0v) is 18.3. The van der Waals surface area contributed by atoms with Crippen LogP contribution in [0.1, 0.15) is 91.9 Å². The Kier molecular flexibility index (Phi) is 5.25. The minimum Gasteiger partial charge on any atom is -0.390 e. The number of halogens is 2. The van der Waals surface area contributed by atoms with Crippen LogP contribution in [0.25, 0.3) is 0 Å². The summed E-state index contributed by atoms with van der Waals surface area (Å²) in [6, 6.07) is 0. The summed E-state index contributed by atoms with van der Waals surface area (Å²) in [5.74, 6) is 0.336. The average Bonchev–Trinajstić information content (AvgIpc) is 2.96. The van der Waals surface area contributed by atoms with E-state index in [2.05, 4.69) is 13.0 Å². The maximum absolute atomic E-state index is 14.5. The molecule has 3 saturated carbocycles. The molecule has 0 aromatic carbocycles. The summed E-state index contributed by atoms with van der Waals surface area (Å²) in [5.41, 5.74) is 1.17. The van der Waals surface area contributed by atoms with Gasteiger partial charge in [0.1, 0.15) is 0 Å². The summed E-state index contributed by atoms with van der Waals surface area (Å²) in [5, 5.41) is 10.6. The van der Waals surface area contributed by atoms with Gasteiger partial charge in [-0.05, 0) is 99.2 Å². The molecular formula is C25H40F2O. The number of allylic oxidation sites excluding steroid dienone is 1. The van der Waals surface area contributed by atoms with Gasteiger partial charge in [-0.15, -0.1) is 0 Å². The summed E-state index contributed by atoms with van der Waals surface area (Å²) in [4.78, 5) is 0. The molecule has 160 valence electrons. The van der Waals surface area contributed by atoms with Gasteiger partial charge >= 0.3 is 0 Å². The van der Waals surface area contributed by atoms with Crippen molar-refractivity contribution in [1.29, 1.82) is 0 Å². The quantitative estimate of drug-likeness (QED) is 0.509. The van der Waals surface area contributed by atoms with E-state index in [9.17, 15) is 13.9 Å². The van der Waals surface area contributed by atoms with E-state index in [0.717, 1.165) is 44.9 Å². The van der Waals surface area contributed by atoms with Crippen LogP contribution in [0.4, 0.5) is 8.78 Å². The van der Waals surface area contributed by atoms with E-state index in [0.29, 0.717) is 23.7 Å². The molecule has 0 amide bonds. The van der Waals surface area contributed by atoms with E-state index in [1.54, 1.807) is 0 Å². The second kappa shape index (κ2) is 7.06. The highest BCUT2D eigenvalue weighted by Gasteiger charge is 2.55. The van der Waals surface area contributed by atoms with Crippen molar-refractivity contribution >= 4 is 0 Å². The van der Waals surface area contributed by atoms with Crippen LogP contribution in [0.2, 0.25) is 0 Å². The molecule has 0 bridgehead atoms. The van der Waals surface area contributed by atoms with Crippen molar-refractivity contribution in [3.05, 3.63) is 11.6 Å². The molecule has 4 aliphatic carbocycles. The van der Waals surface area contributed by atoms with Crippen LogP contribution in [-0.4, -0.2) is 16.6 Å². The second-order valence-electron chi connectivity index (χ2n) is 11.7. The Morgan fingerprint density at radius 2 is 1.79 bits per heavy atom. The highest BCUT2D eigenvalue weighted by atomic mass is 19.3. The predicted octanol–water partition coefficient (Wildman–Crippen LogP) is 7.00. The van der Waals surface area contributed by atoms with Crippen molar-refractivity contribution in [3.8, 4) is 0 Å². The van der Waals surface area contributed by atoms with Crippen LogP contribution in [0.15, 0.2) is 11.6 Å². The molecule has 0 spiro atoms. The highest BCUT2D eigenvalue weighted by Crippen LogP contribution is 2.63. The van der Waals surface area contributed by atoms with E-state index in [1.807, 2.05) is 20.8 Å². The Morgan fingerprint density at radius 1 is 1.07 bits per heavy atom. The molecule has 0 saturated heterocycles. The van der Waals surface area contributed by atoms with Crippen molar-refractivity contribution in [1.82, 2.24) is 0 Å². The molecule has 28 heavy (non-hydrogen) atoms. The molecule has 1 nitrogen and oxygen atoms in total. The number of hydrogen-bond acceptors (Lipinski definition) is 1. The predicted molar refractivity (Wildman–Crippen MR) is 110 cm³/mol. The van der Waals surface area contributed by atoms with E-state index in [4.69, 9.17) is 0 Å². The first kappa shape index (κ1) is 20.8. The second-order valence-corrected chi connectivity index (χ2v) is 11.7. The van der Waals surface area contributed by atoms with Gasteiger partial charge < -0.3 is 5.11 Å². The molecule has 4 rings (SSSR count). The molecule has 1 N–H and O–H groups in total. The van der Waals surface area contributed by atoms with Crippen LogP contribution in [0.5, 0.6) is 0 Å². The van der Waals surface area contributed by atoms with Crippen molar-refractivity contribution in [2.45, 2.75) is 103 Å². The van der Waals surface area contributed by atoms with Crippen LogP contribution >= 0.6 is 0 Å². The smallest absolute Gasteiger partial charge is 0.248 e. The topological polar surface area (TPSA) is 20.2 Å². The summed E-state index contributed by atoms with van der Waals surface area (Å²) in [6.07, 6.45) is 11.0. The molecule has 3 fully saturated rings. The third kappa shape index (κ3) is 3.70. The molecule has 7 atom stereocenters. The van der Waals surface area contributed by atoms with Gasteiger partial charge in [0.25, 0.3) is 0 Å². The molecule has 4 unspecified atom stereocenters. The first-order valence-corrected chi connectivity index (χ1v) is 11.8. The fourth-order valence-corrected chi connectivity index (χ4v) is 7.90. The lowest BCUT2D eigenvalue weighted by atomic mass is 9.49. The van der Waals surface area contributed by atoms with E-state index in [-0.39, 0.29) is 30.1 Å². The first-order valence-electron chi connectivity index (χ1n) is 11.8. The maximum Gasteiger partial charge on any atom is 0.248 e. The molecule has 0 aromatic rings. The van der Waals surface area contributed by atoms with Crippen LogP contribution in [-0.2, 0) is 0 Å². The first-order chi connectivity index (χ1) is 13.0. The van der Waals surface area contributed by atoms with Gasteiger partial charge in [0, 0.05) is 12.8 Å². The van der Waals surface area contributed by atoms with Crippen LogP contribution in [0, 0.1) is 40.9 Å². The Bertz CT molecular complexity index is 622. The third-order valence-corrected chi connectivity index (χ3v) is 9.11. The minimum atomic E-state index is -2.49. The number of fused-ring (bicyclic) bond motifs is 5. The molecule has 0 radical (unpaired) electrons. The lowest BCUT2D eigenvalue weighted by Crippen LogP contribution is -2.49. The van der Waals surface area contributed by atoms with Gasteiger partial charge in [0.15, 0.2) is 0 Å². The Hall–Kier alpha value is -0.440. The van der Waals surface area contributed by atoms with Crippen LogP contribution in [0.3, 0.4) is 0 Å². The molecule has 0 aliphatic heterocycles. The number of aliphatic hydroxyl groups is 1. The fraction of sp³-hybridized carbons (Fsp3) is 0.920. The Labute approximate surface area is 170 Å². The van der Waals surface area contributed by atoms with Gasteiger partial charge in [-0.1, -0.05) is 32.4 Å². The normalized spacial score (nSPS) is 46.0. The third-order valence-electron chi connectivity index (χ3n) is 9.11. The van der Waals surface area contributed by atoms with E-state index >= 15 is 0 Å². The minimum absolute atomic E-state index is 0.0387. The largest absolute Gasteiger partial charge is 0.390 e. The molecule has 0 aromatic heterocycles.